The number of aromatic nitrogens is 4. The fraction of sp³-hybridized carbons (Fsp3) is 0.200. The van der Waals surface area contributed by atoms with E-state index in [2.05, 4.69) is 20.4 Å². The molecule has 0 saturated heterocycles. The van der Waals surface area contributed by atoms with Gasteiger partial charge in [0, 0.05) is 11.4 Å². The lowest BCUT2D eigenvalue weighted by Crippen LogP contribution is -2.31. The Morgan fingerprint density at radius 1 is 1.35 bits per heavy atom. The molecule has 0 aliphatic heterocycles. The lowest BCUT2D eigenvalue weighted by Gasteiger charge is -2.16. The molecule has 0 aliphatic carbocycles. The molecule has 2 aromatic heterocycles. The van der Waals surface area contributed by atoms with E-state index in [0.29, 0.717) is 17.7 Å². The Balaban J connectivity index is 1.83. The lowest BCUT2D eigenvalue weighted by molar-refractivity contribution is 0.536. The van der Waals surface area contributed by atoms with Gasteiger partial charge in [0.05, 0.1) is 18.1 Å². The zero-order valence-electron chi connectivity index (χ0n) is 12.4. The number of nitrogens with one attached hydrogen (secondary N) is 1. The Morgan fingerprint density at radius 2 is 2.13 bits per heavy atom. The van der Waals surface area contributed by atoms with Crippen molar-refractivity contribution >= 4 is 34.0 Å². The van der Waals surface area contributed by atoms with Crippen LogP contribution in [0.15, 0.2) is 41.6 Å². The van der Waals surface area contributed by atoms with E-state index in [9.17, 15) is 4.79 Å². The predicted molar refractivity (Wildman–Crippen MR) is 90.5 cm³/mol. The van der Waals surface area contributed by atoms with Crippen molar-refractivity contribution in [3.8, 4) is 0 Å². The molecule has 0 saturated carbocycles. The van der Waals surface area contributed by atoms with Crippen LogP contribution in [0.1, 0.15) is 6.92 Å². The molecule has 1 atom stereocenters. The van der Waals surface area contributed by atoms with Gasteiger partial charge >= 0.3 is 0 Å². The molecule has 0 radical (unpaired) electrons. The van der Waals surface area contributed by atoms with Gasteiger partial charge in [-0.25, -0.2) is 14.6 Å². The van der Waals surface area contributed by atoms with Gasteiger partial charge in [0.15, 0.2) is 5.82 Å². The molecule has 3 aromatic rings. The molecule has 0 fully saturated rings. The minimum Gasteiger partial charge on any atom is -0.382 e. The minimum atomic E-state index is -0.134. The van der Waals surface area contributed by atoms with E-state index < -0.39 is 0 Å². The molecular formula is C15H15ClN6O. The number of nitrogens with two attached hydrogens (primary N) is 1. The van der Waals surface area contributed by atoms with Crippen LogP contribution in [0.4, 0.5) is 11.6 Å². The van der Waals surface area contributed by atoms with Gasteiger partial charge in [-0.2, -0.15) is 5.10 Å². The van der Waals surface area contributed by atoms with Crippen LogP contribution in [-0.2, 0) is 6.54 Å². The zero-order chi connectivity index (χ0) is 16.4. The monoisotopic (exact) mass is 330 g/mol. The maximum absolute atomic E-state index is 12.4. The predicted octanol–water partition coefficient (Wildman–Crippen LogP) is 1.92. The highest BCUT2D eigenvalue weighted by Crippen LogP contribution is 2.23. The fourth-order valence-corrected chi connectivity index (χ4v) is 2.43. The number of rotatable bonds is 4. The van der Waals surface area contributed by atoms with Crippen LogP contribution >= 0.6 is 11.6 Å². The van der Waals surface area contributed by atoms with Crippen LogP contribution in [0, 0.1) is 0 Å². The van der Waals surface area contributed by atoms with E-state index in [1.807, 2.05) is 25.1 Å². The number of hydrogen-bond donors (Lipinski definition) is 2. The summed E-state index contributed by atoms with van der Waals surface area (Å²) in [4.78, 5) is 20.3. The quantitative estimate of drug-likeness (QED) is 0.758. The first-order valence-electron chi connectivity index (χ1n) is 7.03. The summed E-state index contributed by atoms with van der Waals surface area (Å²) >= 11 is 6.05. The number of nitrogens with zero attached hydrogens (tertiary/aromatic N) is 4. The molecule has 0 spiro atoms. The first-order chi connectivity index (χ1) is 11.1. The van der Waals surface area contributed by atoms with Gasteiger partial charge in [0.1, 0.15) is 17.2 Å². The molecule has 1 aromatic carbocycles. The number of anilines is 2. The third kappa shape index (κ3) is 3.09. The molecule has 0 bridgehead atoms. The highest BCUT2D eigenvalue weighted by molar-refractivity contribution is 6.35. The highest BCUT2D eigenvalue weighted by atomic mass is 35.5. The molecule has 8 heteroatoms. The number of hydrogen-bond acceptors (Lipinski definition) is 6. The van der Waals surface area contributed by atoms with E-state index in [0.717, 1.165) is 5.39 Å². The van der Waals surface area contributed by atoms with Gasteiger partial charge in [0.25, 0.3) is 5.56 Å². The van der Waals surface area contributed by atoms with Crippen LogP contribution in [-0.4, -0.2) is 25.8 Å². The Kier molecular flexibility index (Phi) is 4.12. The summed E-state index contributed by atoms with van der Waals surface area (Å²) in [6.45, 7) is 2.27. The minimum absolute atomic E-state index is 0.131. The SMILES string of the molecule is C[C@H](Cn1ncc2ccccc2c1=O)Nc1ncnc(N)c1Cl. The molecule has 2 heterocycles. The summed E-state index contributed by atoms with van der Waals surface area (Å²) in [5, 5.41) is 9.03. The van der Waals surface area contributed by atoms with Gasteiger partial charge in [0.2, 0.25) is 0 Å². The van der Waals surface area contributed by atoms with Crippen LogP contribution in [0.25, 0.3) is 10.8 Å². The summed E-state index contributed by atoms with van der Waals surface area (Å²) in [6.07, 6.45) is 3.01. The van der Waals surface area contributed by atoms with E-state index in [4.69, 9.17) is 17.3 Å². The van der Waals surface area contributed by atoms with Crippen molar-refractivity contribution in [1.29, 1.82) is 0 Å². The molecule has 23 heavy (non-hydrogen) atoms. The summed E-state index contributed by atoms with van der Waals surface area (Å²) in [6, 6.07) is 7.22. The smallest absolute Gasteiger partial charge is 0.274 e. The van der Waals surface area contributed by atoms with Crippen LogP contribution in [0.2, 0.25) is 5.02 Å². The second-order valence-corrected chi connectivity index (χ2v) is 5.56. The first kappa shape index (κ1) is 15.2. The van der Waals surface area contributed by atoms with E-state index in [-0.39, 0.29) is 22.4 Å². The number of benzene rings is 1. The standard InChI is InChI=1S/C15H15ClN6O/c1-9(21-14-12(16)13(17)18-8-19-14)7-22-15(23)11-5-3-2-4-10(11)6-20-22/h2-6,8-9H,7H2,1H3,(H3,17,18,19,21)/t9-/m1/s1. The maximum atomic E-state index is 12.4. The highest BCUT2D eigenvalue weighted by Gasteiger charge is 2.12. The van der Waals surface area contributed by atoms with Gasteiger partial charge in [-0.15, -0.1) is 0 Å². The van der Waals surface area contributed by atoms with Crippen LogP contribution < -0.4 is 16.6 Å². The molecule has 3 N–H and O–H groups in total. The second-order valence-electron chi connectivity index (χ2n) is 5.19. The second kappa shape index (κ2) is 6.21. The van der Waals surface area contributed by atoms with Crippen molar-refractivity contribution in [2.24, 2.45) is 0 Å². The zero-order valence-corrected chi connectivity index (χ0v) is 13.2. The first-order valence-corrected chi connectivity index (χ1v) is 7.41. The van der Waals surface area contributed by atoms with Gasteiger partial charge in [-0.05, 0) is 13.0 Å². The summed E-state index contributed by atoms with van der Waals surface area (Å²) in [5.41, 5.74) is 5.51. The average Bonchev–Trinajstić information content (AvgIpc) is 2.55. The Morgan fingerprint density at radius 3 is 2.96 bits per heavy atom. The van der Waals surface area contributed by atoms with Crippen LogP contribution in [0.5, 0.6) is 0 Å². The lowest BCUT2D eigenvalue weighted by atomic mass is 10.2. The summed E-state index contributed by atoms with van der Waals surface area (Å²) in [7, 11) is 0. The van der Waals surface area contributed by atoms with E-state index in [1.54, 1.807) is 12.3 Å². The Labute approximate surface area is 137 Å². The number of fused-ring (bicyclic) bond motifs is 1. The number of nitrogen functional groups attached to an aromatic ring is 1. The molecule has 0 amide bonds. The van der Waals surface area contributed by atoms with Gasteiger partial charge in [-0.1, -0.05) is 29.8 Å². The molecule has 0 unspecified atom stereocenters. The van der Waals surface area contributed by atoms with Crippen LogP contribution in [0.3, 0.4) is 0 Å². The van der Waals surface area contributed by atoms with Gasteiger partial charge < -0.3 is 11.1 Å². The molecule has 7 nitrogen and oxygen atoms in total. The van der Waals surface area contributed by atoms with Crippen molar-refractivity contribution in [3.63, 3.8) is 0 Å². The molecule has 0 aliphatic rings. The molecule has 3 rings (SSSR count). The van der Waals surface area contributed by atoms with Crippen molar-refractivity contribution in [2.45, 2.75) is 19.5 Å². The average molecular weight is 331 g/mol. The summed E-state index contributed by atoms with van der Waals surface area (Å²) in [5.74, 6) is 0.637. The summed E-state index contributed by atoms with van der Waals surface area (Å²) < 4.78 is 1.42. The van der Waals surface area contributed by atoms with Crippen molar-refractivity contribution < 1.29 is 0 Å². The largest absolute Gasteiger partial charge is 0.382 e. The van der Waals surface area contributed by atoms with Gasteiger partial charge in [-0.3, -0.25) is 4.79 Å². The van der Waals surface area contributed by atoms with Crippen molar-refractivity contribution in [2.75, 3.05) is 11.1 Å². The van der Waals surface area contributed by atoms with E-state index >= 15 is 0 Å². The molecule has 118 valence electrons. The molecular weight excluding hydrogens is 316 g/mol. The third-order valence-corrected chi connectivity index (χ3v) is 3.78. The van der Waals surface area contributed by atoms with Crippen molar-refractivity contribution in [3.05, 3.63) is 52.2 Å². The Hall–Kier alpha value is -2.67. The third-order valence-electron chi connectivity index (χ3n) is 3.41. The maximum Gasteiger partial charge on any atom is 0.274 e. The van der Waals surface area contributed by atoms with Crippen molar-refractivity contribution in [1.82, 2.24) is 19.7 Å². The van der Waals surface area contributed by atoms with E-state index in [1.165, 1.54) is 11.0 Å². The Bertz CT molecular complexity index is 910. The number of halogens is 1. The fourth-order valence-electron chi connectivity index (χ4n) is 2.28. The topological polar surface area (TPSA) is 98.7 Å². The normalized spacial score (nSPS) is 12.3.